The molecule has 0 aliphatic heterocycles. The van der Waals surface area contributed by atoms with Gasteiger partial charge < -0.3 is 19.8 Å². The summed E-state index contributed by atoms with van der Waals surface area (Å²) in [4.78, 5) is 20.4. The van der Waals surface area contributed by atoms with Gasteiger partial charge in [0.25, 0.3) is 0 Å². The van der Waals surface area contributed by atoms with E-state index in [9.17, 15) is 19.8 Å². The maximum Gasteiger partial charge on any atom is 2.00 e. The van der Waals surface area contributed by atoms with Crippen molar-refractivity contribution < 1.29 is 19.8 Å². The molecule has 0 heterocycles. The Kier molecular flexibility index (Phi) is 44.5. The molecule has 0 rings (SSSR count). The van der Waals surface area contributed by atoms with Crippen molar-refractivity contribution in [2.75, 3.05) is 0 Å². The van der Waals surface area contributed by atoms with Gasteiger partial charge in [0.15, 0.2) is 0 Å². The van der Waals surface area contributed by atoms with E-state index in [0.717, 1.165) is 89.9 Å². The van der Waals surface area contributed by atoms with Crippen LogP contribution in [0.25, 0.3) is 0 Å². The van der Waals surface area contributed by atoms with E-state index < -0.39 is 11.9 Å². The quantitative estimate of drug-likeness (QED) is 0.0520. The van der Waals surface area contributed by atoms with Crippen LogP contribution in [0.3, 0.4) is 0 Å². The van der Waals surface area contributed by atoms with Crippen molar-refractivity contribution in [3.63, 3.8) is 0 Å². The van der Waals surface area contributed by atoms with Crippen molar-refractivity contribution in [1.82, 2.24) is 0 Å². The second-order valence-electron chi connectivity index (χ2n) is 9.94. The Bertz CT molecular complexity index is 670. The van der Waals surface area contributed by atoms with E-state index in [-0.39, 0.29) is 61.7 Å². The van der Waals surface area contributed by atoms with Gasteiger partial charge in [-0.2, -0.15) is 0 Å². The standard InChI is InChI=1S/2C18H30O2.Ba/c2*1-2-3-4-5-6-7-8-9-10-11-12-13-14-15-16-17-18(19)20;/h2*3-4,6-7,9-10H,2,5,8,11-17H2,1H3,(H,19,20);/q;;+2/p-2/b2*4-3-,7-6-,10-9-;. The van der Waals surface area contributed by atoms with Gasteiger partial charge in [0.05, 0.1) is 0 Å². The van der Waals surface area contributed by atoms with Crippen LogP contribution in [0.2, 0.25) is 0 Å². The first-order valence-corrected chi connectivity index (χ1v) is 15.8. The third kappa shape index (κ3) is 49.0. The fourth-order valence-electron chi connectivity index (χ4n) is 3.78. The van der Waals surface area contributed by atoms with Crippen LogP contribution in [-0.4, -0.2) is 60.8 Å². The van der Waals surface area contributed by atoms with Gasteiger partial charge in [0.2, 0.25) is 0 Å². The molecule has 0 amide bonds. The predicted molar refractivity (Wildman–Crippen MR) is 174 cm³/mol. The maximum absolute atomic E-state index is 10.2. The number of carboxylic acid groups (broad SMARTS) is 2. The van der Waals surface area contributed by atoms with Crippen LogP contribution in [0.1, 0.15) is 142 Å². The topological polar surface area (TPSA) is 80.3 Å². The monoisotopic (exact) mass is 692 g/mol. The molecule has 0 aromatic rings. The fourth-order valence-corrected chi connectivity index (χ4v) is 3.78. The van der Waals surface area contributed by atoms with E-state index in [4.69, 9.17) is 0 Å². The Labute approximate surface area is 293 Å². The molecule has 0 atom stereocenters. The molecule has 0 aromatic carbocycles. The number of aliphatic carboxylic acids is 2. The van der Waals surface area contributed by atoms with Crippen molar-refractivity contribution in [2.24, 2.45) is 0 Å². The molecule has 0 aliphatic carbocycles. The molecule has 0 saturated heterocycles. The average Bonchev–Trinajstić information content (AvgIpc) is 2.93. The van der Waals surface area contributed by atoms with Crippen molar-refractivity contribution in [1.29, 1.82) is 0 Å². The molecule has 0 aliphatic rings. The van der Waals surface area contributed by atoms with Crippen LogP contribution < -0.4 is 10.2 Å². The third-order valence-electron chi connectivity index (χ3n) is 6.06. The van der Waals surface area contributed by atoms with Crippen LogP contribution in [-0.2, 0) is 9.59 Å². The average molecular weight is 692 g/mol. The molecule has 0 spiro atoms. The van der Waals surface area contributed by atoms with Crippen molar-refractivity contribution in [3.05, 3.63) is 72.9 Å². The molecule has 0 saturated carbocycles. The SMILES string of the molecule is CC/C=C\C/C=C\C/C=C\CCCCCCCC(=O)[O-].CC/C=C\C/C=C\C/C=C\CCCCCCCC(=O)[O-].[Ba+2]. The first kappa shape index (κ1) is 44.4. The summed E-state index contributed by atoms with van der Waals surface area (Å²) in [6.45, 7) is 4.29. The van der Waals surface area contributed by atoms with Crippen LogP contribution in [0, 0.1) is 0 Å². The molecule has 228 valence electrons. The molecule has 0 radical (unpaired) electrons. The molecular weight excluding hydrogens is 634 g/mol. The largest absolute Gasteiger partial charge is 2.00 e. The van der Waals surface area contributed by atoms with Crippen LogP contribution >= 0.6 is 0 Å². The van der Waals surface area contributed by atoms with Crippen molar-refractivity contribution >= 4 is 60.8 Å². The van der Waals surface area contributed by atoms with E-state index in [1.807, 2.05) is 0 Å². The molecule has 0 N–H and O–H groups in total. The fraction of sp³-hybridized carbons (Fsp3) is 0.611. The van der Waals surface area contributed by atoms with E-state index in [2.05, 4.69) is 86.8 Å². The van der Waals surface area contributed by atoms with Gasteiger partial charge in [-0.3, -0.25) is 0 Å². The maximum atomic E-state index is 10.2. The Morgan fingerprint density at radius 2 is 0.683 bits per heavy atom. The van der Waals surface area contributed by atoms with Crippen LogP contribution in [0.4, 0.5) is 0 Å². The van der Waals surface area contributed by atoms with Gasteiger partial charge in [-0.1, -0.05) is 125 Å². The molecule has 4 nitrogen and oxygen atoms in total. The van der Waals surface area contributed by atoms with Gasteiger partial charge in [-0.25, -0.2) is 0 Å². The Balaban J connectivity index is -0.000000688. The Morgan fingerprint density at radius 3 is 1.00 bits per heavy atom. The van der Waals surface area contributed by atoms with Gasteiger partial charge in [-0.15, -0.1) is 0 Å². The number of carboxylic acids is 2. The number of carbonyl (C=O) groups excluding carboxylic acids is 2. The minimum atomic E-state index is -0.925. The smallest absolute Gasteiger partial charge is 0.550 e. The molecule has 41 heavy (non-hydrogen) atoms. The number of allylic oxidation sites excluding steroid dienone is 12. The summed E-state index contributed by atoms with van der Waals surface area (Å²) in [6.07, 6.45) is 46.1. The third-order valence-corrected chi connectivity index (χ3v) is 6.06. The summed E-state index contributed by atoms with van der Waals surface area (Å²) in [7, 11) is 0. The van der Waals surface area contributed by atoms with E-state index in [1.54, 1.807) is 0 Å². The zero-order valence-corrected chi connectivity index (χ0v) is 30.9. The number of unbranched alkanes of at least 4 members (excludes halogenated alkanes) is 10. The second-order valence-corrected chi connectivity index (χ2v) is 9.94. The molecule has 0 bridgehead atoms. The predicted octanol–water partition coefficient (Wildman–Crippen LogP) is 8.27. The minimum absolute atomic E-state index is 0. The molecule has 5 heteroatoms. The van der Waals surface area contributed by atoms with E-state index in [0.29, 0.717) is 0 Å². The summed E-state index contributed by atoms with van der Waals surface area (Å²) in [5, 5.41) is 20.4. The molecule has 0 fully saturated rings. The number of hydrogen-bond acceptors (Lipinski definition) is 4. The van der Waals surface area contributed by atoms with Gasteiger partial charge in [0.1, 0.15) is 0 Å². The van der Waals surface area contributed by atoms with Gasteiger partial charge in [0, 0.05) is 11.9 Å². The zero-order valence-electron chi connectivity index (χ0n) is 26.4. The number of rotatable bonds is 26. The van der Waals surface area contributed by atoms with Crippen molar-refractivity contribution in [2.45, 2.75) is 142 Å². The van der Waals surface area contributed by atoms with Gasteiger partial charge >= 0.3 is 48.9 Å². The van der Waals surface area contributed by atoms with Crippen LogP contribution in [0.5, 0.6) is 0 Å². The Hall–Kier alpha value is -1.05. The summed E-state index contributed by atoms with van der Waals surface area (Å²) in [5.41, 5.74) is 0. The molecule has 0 aromatic heterocycles. The second kappa shape index (κ2) is 41.1. The summed E-state index contributed by atoms with van der Waals surface area (Å²) >= 11 is 0. The van der Waals surface area contributed by atoms with Gasteiger partial charge in [-0.05, 0) is 89.9 Å². The summed E-state index contributed by atoms with van der Waals surface area (Å²) < 4.78 is 0. The molecule has 0 unspecified atom stereocenters. The van der Waals surface area contributed by atoms with Crippen molar-refractivity contribution in [3.8, 4) is 0 Å². The zero-order chi connectivity index (χ0) is 29.8. The first-order chi connectivity index (χ1) is 19.5. The molecular formula is C36H58BaO4. The first-order valence-electron chi connectivity index (χ1n) is 15.8. The summed E-state index contributed by atoms with van der Waals surface area (Å²) in [6, 6.07) is 0. The van der Waals surface area contributed by atoms with E-state index in [1.165, 1.54) is 25.7 Å². The minimum Gasteiger partial charge on any atom is -0.550 e. The normalized spacial score (nSPS) is 11.8. The number of carbonyl (C=O) groups is 2. The van der Waals surface area contributed by atoms with Crippen LogP contribution in [0.15, 0.2) is 72.9 Å². The Morgan fingerprint density at radius 1 is 0.415 bits per heavy atom. The summed E-state index contributed by atoms with van der Waals surface area (Å²) in [5.74, 6) is -1.85. The van der Waals surface area contributed by atoms with E-state index >= 15 is 0 Å². The number of hydrogen-bond donors (Lipinski definition) is 0.